The fourth-order valence-corrected chi connectivity index (χ4v) is 5.85. The van der Waals surface area contributed by atoms with E-state index in [1.165, 1.54) is 16.3 Å². The Morgan fingerprint density at radius 2 is 1.69 bits per heavy atom. The van der Waals surface area contributed by atoms with Gasteiger partial charge in [0.25, 0.3) is 0 Å². The molecule has 0 aromatic rings. The van der Waals surface area contributed by atoms with Crippen LogP contribution in [0, 0.1) is 11.8 Å². The van der Waals surface area contributed by atoms with Crippen LogP contribution in [-0.4, -0.2) is 86.7 Å². The molecule has 26 heavy (non-hydrogen) atoms. The van der Waals surface area contributed by atoms with Gasteiger partial charge in [-0.15, -0.1) is 0 Å². The molecule has 150 valence electrons. The molecule has 0 aliphatic carbocycles. The molecule has 2 fully saturated rings. The molecule has 2 aliphatic rings. The van der Waals surface area contributed by atoms with E-state index in [0.717, 1.165) is 6.54 Å². The molecule has 2 rings (SSSR count). The Balaban J connectivity index is 1.98. The lowest BCUT2D eigenvalue weighted by atomic mass is 9.94. The minimum Gasteiger partial charge on any atom is -0.467 e. The minimum atomic E-state index is -3.33. The molecule has 0 saturated carbocycles. The summed E-state index contributed by atoms with van der Waals surface area (Å²) in [5, 5.41) is -0.429. The molecule has 0 bridgehead atoms. The zero-order chi connectivity index (χ0) is 19.6. The Morgan fingerprint density at radius 1 is 1.12 bits per heavy atom. The molecule has 1 amide bonds. The van der Waals surface area contributed by atoms with Crippen LogP contribution in [0.15, 0.2) is 0 Å². The smallest absolute Gasteiger partial charge is 0.328 e. The van der Waals surface area contributed by atoms with Crippen molar-refractivity contribution in [2.75, 3.05) is 40.8 Å². The Bertz CT molecular complexity index is 628. The zero-order valence-electron chi connectivity index (χ0n) is 16.3. The summed E-state index contributed by atoms with van der Waals surface area (Å²) in [6, 6.07) is -0.627. The highest BCUT2D eigenvalue weighted by molar-refractivity contribution is 7.89. The molecule has 2 atom stereocenters. The number of ether oxygens (including phenoxy) is 1. The van der Waals surface area contributed by atoms with Gasteiger partial charge in [-0.1, -0.05) is 13.8 Å². The average Bonchev–Trinajstić information content (AvgIpc) is 2.58. The number of nitrogens with zero attached hydrogens (tertiary/aromatic N) is 3. The molecule has 0 spiro atoms. The Kier molecular flexibility index (Phi) is 6.68. The number of rotatable bonds is 6. The first kappa shape index (κ1) is 21.1. The molecule has 0 aromatic carbocycles. The Labute approximate surface area is 156 Å². The number of esters is 1. The van der Waals surface area contributed by atoms with Crippen LogP contribution in [0.3, 0.4) is 0 Å². The van der Waals surface area contributed by atoms with Crippen molar-refractivity contribution < 1.29 is 22.7 Å². The number of amides is 1. The third kappa shape index (κ3) is 4.04. The predicted molar refractivity (Wildman–Crippen MR) is 97.7 cm³/mol. The lowest BCUT2D eigenvalue weighted by Crippen LogP contribution is -2.56. The number of likely N-dealkylation sites (N-methyl/N-ethyl adjacent to an activating group) is 1. The van der Waals surface area contributed by atoms with Crippen LogP contribution in [0.1, 0.15) is 33.1 Å². The zero-order valence-corrected chi connectivity index (χ0v) is 17.2. The second-order valence-electron chi connectivity index (χ2n) is 7.60. The van der Waals surface area contributed by atoms with Crippen molar-refractivity contribution in [1.82, 2.24) is 14.1 Å². The Hall–Kier alpha value is -1.19. The van der Waals surface area contributed by atoms with E-state index in [0.29, 0.717) is 32.4 Å². The first-order valence-electron chi connectivity index (χ1n) is 9.15. The van der Waals surface area contributed by atoms with E-state index in [4.69, 9.17) is 4.74 Å². The highest BCUT2D eigenvalue weighted by Gasteiger charge is 2.43. The largest absolute Gasteiger partial charge is 0.467 e. The van der Waals surface area contributed by atoms with Gasteiger partial charge in [-0.05, 0) is 32.2 Å². The monoisotopic (exact) mass is 389 g/mol. The summed E-state index contributed by atoms with van der Waals surface area (Å²) in [7, 11) is 1.42. The first-order valence-corrected chi connectivity index (χ1v) is 10.6. The normalized spacial score (nSPS) is 24.2. The average molecular weight is 390 g/mol. The second kappa shape index (κ2) is 8.22. The van der Waals surface area contributed by atoms with Crippen LogP contribution in [0.5, 0.6) is 0 Å². The fourth-order valence-electron chi connectivity index (χ4n) is 3.82. The molecule has 2 saturated heterocycles. The highest BCUT2D eigenvalue weighted by atomic mass is 32.2. The molecule has 0 N–H and O–H groups in total. The number of hydrogen-bond acceptors (Lipinski definition) is 6. The summed E-state index contributed by atoms with van der Waals surface area (Å²) in [6.07, 6.45) is 1.62. The summed E-state index contributed by atoms with van der Waals surface area (Å²) in [6.45, 7) is 5.24. The SMILES string of the molecule is COC(=O)C(C(C)C)N(C)C(=O)C1CCN(S(=O)(=O)[C@H]2CCN2C)CC1. The van der Waals surface area contributed by atoms with Gasteiger partial charge in [-0.3, -0.25) is 9.69 Å². The van der Waals surface area contributed by atoms with Crippen molar-refractivity contribution in [3.63, 3.8) is 0 Å². The lowest BCUT2D eigenvalue weighted by Gasteiger charge is -2.42. The van der Waals surface area contributed by atoms with Crippen molar-refractivity contribution in [2.24, 2.45) is 11.8 Å². The number of carbonyl (C=O) groups is 2. The van der Waals surface area contributed by atoms with Crippen LogP contribution in [-0.2, 0) is 24.3 Å². The van der Waals surface area contributed by atoms with Gasteiger partial charge in [0.1, 0.15) is 11.4 Å². The van der Waals surface area contributed by atoms with Gasteiger partial charge in [0.2, 0.25) is 15.9 Å². The van der Waals surface area contributed by atoms with Crippen LogP contribution in [0.2, 0.25) is 0 Å². The van der Waals surface area contributed by atoms with Crippen molar-refractivity contribution in [2.45, 2.75) is 44.5 Å². The summed E-state index contributed by atoms with van der Waals surface area (Å²) in [4.78, 5) is 28.1. The molecule has 8 nitrogen and oxygen atoms in total. The summed E-state index contributed by atoms with van der Waals surface area (Å²) in [5.74, 6) is -0.877. The van der Waals surface area contributed by atoms with E-state index in [-0.39, 0.29) is 17.7 Å². The van der Waals surface area contributed by atoms with Crippen molar-refractivity contribution in [3.8, 4) is 0 Å². The molecule has 1 unspecified atom stereocenters. The van der Waals surface area contributed by atoms with Crippen LogP contribution < -0.4 is 0 Å². The molecule has 0 aromatic heterocycles. The number of sulfonamides is 1. The van der Waals surface area contributed by atoms with Crippen LogP contribution >= 0.6 is 0 Å². The van der Waals surface area contributed by atoms with E-state index in [9.17, 15) is 18.0 Å². The van der Waals surface area contributed by atoms with Crippen molar-refractivity contribution >= 4 is 21.9 Å². The van der Waals surface area contributed by atoms with Gasteiger partial charge in [0.15, 0.2) is 0 Å². The third-order valence-corrected chi connectivity index (χ3v) is 7.93. The predicted octanol–water partition coefficient (Wildman–Crippen LogP) is 0.346. The summed E-state index contributed by atoms with van der Waals surface area (Å²) < 4.78 is 31.6. The standard InChI is InChI=1S/C17H31N3O5S/c1-12(2)15(17(22)25-5)19(4)16(21)13-6-10-20(11-7-13)26(23,24)14-8-9-18(14)3/h12-15H,6-11H2,1-5H3/t14-,15?/m0/s1. The number of methoxy groups -OCH3 is 1. The number of likely N-dealkylation sites (tertiary alicyclic amines) is 1. The van der Waals surface area contributed by atoms with Gasteiger partial charge in [-0.25, -0.2) is 17.5 Å². The number of carbonyl (C=O) groups excluding carboxylic acids is 2. The van der Waals surface area contributed by atoms with Crippen molar-refractivity contribution in [1.29, 1.82) is 0 Å². The van der Waals surface area contributed by atoms with E-state index < -0.39 is 27.4 Å². The molecule has 9 heteroatoms. The van der Waals surface area contributed by atoms with E-state index in [2.05, 4.69) is 0 Å². The van der Waals surface area contributed by atoms with E-state index >= 15 is 0 Å². The van der Waals surface area contributed by atoms with Gasteiger partial charge in [-0.2, -0.15) is 0 Å². The quantitative estimate of drug-likeness (QED) is 0.609. The van der Waals surface area contributed by atoms with Crippen LogP contribution in [0.4, 0.5) is 0 Å². The molecule has 2 aliphatic heterocycles. The summed E-state index contributed by atoms with van der Waals surface area (Å²) in [5.41, 5.74) is 0. The fraction of sp³-hybridized carbons (Fsp3) is 0.882. The topological polar surface area (TPSA) is 87.2 Å². The van der Waals surface area contributed by atoms with E-state index in [1.54, 1.807) is 7.05 Å². The Morgan fingerprint density at radius 3 is 2.08 bits per heavy atom. The maximum absolute atomic E-state index is 12.8. The minimum absolute atomic E-state index is 0.0639. The molecule has 2 heterocycles. The molecule has 0 radical (unpaired) electrons. The second-order valence-corrected chi connectivity index (χ2v) is 9.69. The molecular weight excluding hydrogens is 358 g/mol. The van der Waals surface area contributed by atoms with Gasteiger partial charge < -0.3 is 9.64 Å². The first-order chi connectivity index (χ1) is 12.1. The highest BCUT2D eigenvalue weighted by Crippen LogP contribution is 2.29. The summed E-state index contributed by atoms with van der Waals surface area (Å²) >= 11 is 0. The van der Waals surface area contributed by atoms with E-state index in [1.807, 2.05) is 25.8 Å². The lowest BCUT2D eigenvalue weighted by molar-refractivity contribution is -0.155. The number of hydrogen-bond donors (Lipinski definition) is 0. The van der Waals surface area contributed by atoms with Gasteiger partial charge >= 0.3 is 5.97 Å². The maximum atomic E-state index is 12.8. The molecular formula is C17H31N3O5S. The van der Waals surface area contributed by atoms with Crippen molar-refractivity contribution in [3.05, 3.63) is 0 Å². The van der Waals surface area contributed by atoms with Gasteiger partial charge in [0.05, 0.1) is 7.11 Å². The van der Waals surface area contributed by atoms with Crippen LogP contribution in [0.25, 0.3) is 0 Å². The maximum Gasteiger partial charge on any atom is 0.328 e. The third-order valence-electron chi connectivity index (χ3n) is 5.57. The van der Waals surface area contributed by atoms with Gasteiger partial charge in [0, 0.05) is 32.6 Å². The number of piperidine rings is 1.